The predicted molar refractivity (Wildman–Crippen MR) is 54.3 cm³/mol. The summed E-state index contributed by atoms with van der Waals surface area (Å²) in [4.78, 5) is 19.1. The fourth-order valence-corrected chi connectivity index (χ4v) is 1.05. The van der Waals surface area contributed by atoms with Gasteiger partial charge in [0.15, 0.2) is 0 Å². The largest absolute Gasteiger partial charge is 0.654 e. The van der Waals surface area contributed by atoms with Crippen molar-refractivity contribution in [3.8, 4) is 0 Å². The molecule has 1 N–H and O–H groups in total. The molecule has 0 saturated heterocycles. The average Bonchev–Trinajstić information content (AvgIpc) is 2.12. The minimum absolute atomic E-state index is 0. The van der Waals surface area contributed by atoms with Gasteiger partial charge in [-0.1, -0.05) is 0 Å². The van der Waals surface area contributed by atoms with Crippen molar-refractivity contribution in [2.45, 2.75) is 13.8 Å². The summed E-state index contributed by atoms with van der Waals surface area (Å²) in [5, 5.41) is 6.39. The van der Waals surface area contributed by atoms with E-state index in [2.05, 4.69) is 20.6 Å². The maximum atomic E-state index is 10.9. The van der Waals surface area contributed by atoms with E-state index in [-0.39, 0.29) is 45.2 Å². The topological polar surface area (TPSA) is 69.0 Å². The van der Waals surface area contributed by atoms with E-state index in [1.165, 1.54) is 7.05 Å². The predicted octanol–water partition coefficient (Wildman–Crippen LogP) is 1.03. The van der Waals surface area contributed by atoms with Crippen LogP contribution in [-0.2, 0) is 37.5 Å². The number of anilines is 1. The quantitative estimate of drug-likeness (QED) is 0.899. The van der Waals surface area contributed by atoms with Crippen molar-refractivity contribution >= 4 is 11.7 Å². The Balaban J connectivity index is 0.00000196. The number of carbonyl (C=O) groups is 1. The number of nitrogens with zero attached hydrogens (tertiary/aromatic N) is 3. The SMILES string of the molecule is C[N-]C(=O)CNc1cc(C)nc(C)n1.[Y]. The van der Waals surface area contributed by atoms with Gasteiger partial charge in [0.25, 0.3) is 0 Å². The molecular weight excluding hydrogens is 269 g/mol. The third-order valence-electron chi connectivity index (χ3n) is 1.64. The Hall–Kier alpha value is -0.546. The number of aromatic nitrogens is 2. The molecule has 0 atom stereocenters. The molecule has 1 radical (unpaired) electrons. The van der Waals surface area contributed by atoms with Gasteiger partial charge in [-0.25, -0.2) is 9.97 Å². The number of carbonyl (C=O) groups excluding carboxylic acids is 1. The zero-order valence-corrected chi connectivity index (χ0v) is 11.9. The van der Waals surface area contributed by atoms with E-state index in [9.17, 15) is 4.79 Å². The van der Waals surface area contributed by atoms with Crippen LogP contribution in [0.2, 0.25) is 0 Å². The molecule has 1 heterocycles. The van der Waals surface area contributed by atoms with E-state index >= 15 is 0 Å². The molecule has 0 aromatic carbocycles. The first-order valence-electron chi connectivity index (χ1n) is 4.30. The van der Waals surface area contributed by atoms with E-state index in [4.69, 9.17) is 0 Å². The molecule has 0 aliphatic carbocycles. The van der Waals surface area contributed by atoms with Gasteiger partial charge in [0.05, 0.1) is 12.5 Å². The average molecular weight is 282 g/mol. The standard InChI is InChI=1S/C9H14N4O.Y/c1-6-4-8(13-7(2)12-6)11-5-9(14)10-3;/h4H,5H2,1-3H3,(H2,10,11,12,13,14);/p-1. The number of nitrogens with one attached hydrogen (secondary N) is 1. The van der Waals surface area contributed by atoms with Gasteiger partial charge in [-0.15, -0.1) is 7.05 Å². The van der Waals surface area contributed by atoms with Gasteiger partial charge in [-0.3, -0.25) is 0 Å². The molecular formula is C9H13N4OY-. The van der Waals surface area contributed by atoms with Crippen molar-refractivity contribution < 1.29 is 37.5 Å². The van der Waals surface area contributed by atoms with Crippen LogP contribution >= 0.6 is 0 Å². The number of hydrogen-bond donors (Lipinski definition) is 1. The van der Waals surface area contributed by atoms with Crippen LogP contribution in [0.15, 0.2) is 6.07 Å². The van der Waals surface area contributed by atoms with Gasteiger partial charge in [0.1, 0.15) is 11.6 Å². The zero-order chi connectivity index (χ0) is 10.6. The Labute approximate surface area is 114 Å². The summed E-state index contributed by atoms with van der Waals surface area (Å²) in [7, 11) is 1.47. The summed E-state index contributed by atoms with van der Waals surface area (Å²) in [6.07, 6.45) is 0. The molecule has 79 valence electrons. The van der Waals surface area contributed by atoms with Crippen LogP contribution in [0.25, 0.3) is 5.32 Å². The van der Waals surface area contributed by atoms with E-state index in [1.54, 1.807) is 6.07 Å². The Morgan fingerprint density at radius 1 is 1.47 bits per heavy atom. The fourth-order valence-electron chi connectivity index (χ4n) is 1.05. The third kappa shape index (κ3) is 5.18. The van der Waals surface area contributed by atoms with E-state index in [1.807, 2.05) is 13.8 Å². The van der Waals surface area contributed by atoms with Gasteiger partial charge in [-0.2, -0.15) is 0 Å². The normalized spacial score (nSPS) is 9.00. The van der Waals surface area contributed by atoms with Gasteiger partial charge in [-0.05, 0) is 13.8 Å². The number of amides is 1. The Morgan fingerprint density at radius 2 is 2.13 bits per heavy atom. The molecule has 1 rings (SSSR count). The second-order valence-electron chi connectivity index (χ2n) is 2.91. The molecule has 0 aliphatic heterocycles. The van der Waals surface area contributed by atoms with Crippen LogP contribution < -0.4 is 5.32 Å². The first-order chi connectivity index (χ1) is 6.61. The van der Waals surface area contributed by atoms with Gasteiger partial charge < -0.3 is 15.4 Å². The van der Waals surface area contributed by atoms with Crippen molar-refractivity contribution in [2.75, 3.05) is 18.9 Å². The van der Waals surface area contributed by atoms with Crippen molar-refractivity contribution in [3.63, 3.8) is 0 Å². The maximum absolute atomic E-state index is 10.9. The zero-order valence-electron chi connectivity index (χ0n) is 9.11. The molecule has 15 heavy (non-hydrogen) atoms. The van der Waals surface area contributed by atoms with Crippen LogP contribution in [0.4, 0.5) is 5.82 Å². The minimum atomic E-state index is -0.195. The molecule has 0 spiro atoms. The van der Waals surface area contributed by atoms with Crippen molar-refractivity contribution in [1.82, 2.24) is 9.97 Å². The smallest absolute Gasteiger partial charge is 0.130 e. The van der Waals surface area contributed by atoms with Crippen molar-refractivity contribution in [3.05, 3.63) is 22.9 Å². The molecule has 1 aromatic rings. The van der Waals surface area contributed by atoms with E-state index in [0.29, 0.717) is 11.6 Å². The molecule has 0 bridgehead atoms. The molecule has 5 nitrogen and oxygen atoms in total. The molecule has 0 aliphatic rings. The summed E-state index contributed by atoms with van der Waals surface area (Å²) in [5.74, 6) is 1.15. The van der Waals surface area contributed by atoms with Crippen LogP contribution in [0.3, 0.4) is 0 Å². The molecule has 0 saturated carbocycles. The third-order valence-corrected chi connectivity index (χ3v) is 1.64. The molecule has 1 amide bonds. The van der Waals surface area contributed by atoms with Gasteiger partial charge in [0, 0.05) is 44.5 Å². The number of hydrogen-bond acceptors (Lipinski definition) is 4. The van der Waals surface area contributed by atoms with E-state index < -0.39 is 0 Å². The summed E-state index contributed by atoms with van der Waals surface area (Å²) >= 11 is 0. The summed E-state index contributed by atoms with van der Waals surface area (Å²) < 4.78 is 0. The van der Waals surface area contributed by atoms with Crippen LogP contribution in [0.5, 0.6) is 0 Å². The monoisotopic (exact) mass is 282 g/mol. The number of likely N-dealkylation sites (N-methyl/N-ethyl adjacent to an activating group) is 1. The van der Waals surface area contributed by atoms with Crippen LogP contribution in [-0.4, -0.2) is 29.5 Å². The van der Waals surface area contributed by atoms with E-state index in [0.717, 1.165) is 5.69 Å². The first-order valence-corrected chi connectivity index (χ1v) is 4.30. The second-order valence-corrected chi connectivity index (χ2v) is 2.91. The molecule has 0 unspecified atom stereocenters. The summed E-state index contributed by atoms with van der Waals surface area (Å²) in [6.45, 7) is 3.86. The molecule has 6 heteroatoms. The fraction of sp³-hybridized carbons (Fsp3) is 0.444. The van der Waals surface area contributed by atoms with Crippen LogP contribution in [0.1, 0.15) is 11.5 Å². The minimum Gasteiger partial charge on any atom is -0.654 e. The molecule has 0 fully saturated rings. The second kappa shape index (κ2) is 6.85. The number of aryl methyl sites for hydroxylation is 2. The van der Waals surface area contributed by atoms with Crippen LogP contribution in [0, 0.1) is 13.8 Å². The van der Waals surface area contributed by atoms with Crippen molar-refractivity contribution in [1.29, 1.82) is 0 Å². The molecule has 1 aromatic heterocycles. The maximum Gasteiger partial charge on any atom is 0.130 e. The summed E-state index contributed by atoms with van der Waals surface area (Å²) in [6, 6.07) is 1.79. The van der Waals surface area contributed by atoms with Gasteiger partial charge in [0.2, 0.25) is 0 Å². The Kier molecular flexibility index (Phi) is 6.60. The Morgan fingerprint density at radius 3 is 2.67 bits per heavy atom. The summed E-state index contributed by atoms with van der Waals surface area (Å²) in [5.41, 5.74) is 0.876. The first kappa shape index (κ1) is 14.5. The Bertz CT molecular complexity index is 323. The van der Waals surface area contributed by atoms with Crippen molar-refractivity contribution in [2.24, 2.45) is 0 Å². The van der Waals surface area contributed by atoms with Gasteiger partial charge >= 0.3 is 0 Å². The number of rotatable bonds is 3.